The minimum absolute atomic E-state index is 0.434. The second-order valence-corrected chi connectivity index (χ2v) is 4.83. The van der Waals surface area contributed by atoms with E-state index >= 15 is 0 Å². The molecule has 18 heavy (non-hydrogen) atoms. The van der Waals surface area contributed by atoms with Gasteiger partial charge in [-0.25, -0.2) is 0 Å². The zero-order chi connectivity index (χ0) is 12.6. The van der Waals surface area contributed by atoms with Crippen molar-refractivity contribution in [1.29, 1.82) is 0 Å². The van der Waals surface area contributed by atoms with Crippen molar-refractivity contribution in [1.82, 2.24) is 10.2 Å². The Bertz CT molecular complexity index is 323. The fourth-order valence-corrected chi connectivity index (χ4v) is 2.33. The Kier molecular flexibility index (Phi) is 5.65. The van der Waals surface area contributed by atoms with Crippen LogP contribution in [0.25, 0.3) is 0 Å². The lowest BCUT2D eigenvalue weighted by Crippen LogP contribution is -2.42. The van der Waals surface area contributed by atoms with Crippen molar-refractivity contribution in [3.8, 4) is 0 Å². The molecule has 0 aliphatic carbocycles. The molecule has 1 fully saturated rings. The van der Waals surface area contributed by atoms with Gasteiger partial charge in [0.05, 0.1) is 13.2 Å². The van der Waals surface area contributed by atoms with Crippen LogP contribution in [0.5, 0.6) is 0 Å². The maximum absolute atomic E-state index is 5.41. The van der Waals surface area contributed by atoms with E-state index in [2.05, 4.69) is 47.5 Å². The van der Waals surface area contributed by atoms with E-state index in [0.29, 0.717) is 6.04 Å². The molecular weight excluding hydrogens is 224 g/mol. The van der Waals surface area contributed by atoms with Gasteiger partial charge in [-0.2, -0.15) is 0 Å². The van der Waals surface area contributed by atoms with Crippen molar-refractivity contribution < 1.29 is 4.74 Å². The highest BCUT2D eigenvalue weighted by Crippen LogP contribution is 2.15. The molecule has 0 spiro atoms. The molecule has 0 radical (unpaired) electrons. The van der Waals surface area contributed by atoms with Crippen LogP contribution < -0.4 is 5.32 Å². The van der Waals surface area contributed by atoms with Crippen molar-refractivity contribution in [3.05, 3.63) is 35.9 Å². The molecule has 1 atom stereocenters. The highest BCUT2D eigenvalue weighted by Gasteiger charge is 2.17. The van der Waals surface area contributed by atoms with Gasteiger partial charge in [-0.15, -0.1) is 0 Å². The van der Waals surface area contributed by atoms with Crippen LogP contribution in [-0.2, 0) is 4.74 Å². The molecule has 1 unspecified atom stereocenters. The third kappa shape index (κ3) is 4.09. The lowest BCUT2D eigenvalue weighted by molar-refractivity contribution is 0.0334. The van der Waals surface area contributed by atoms with Crippen molar-refractivity contribution >= 4 is 0 Å². The van der Waals surface area contributed by atoms with E-state index in [9.17, 15) is 0 Å². The average molecular weight is 248 g/mol. The maximum atomic E-state index is 5.41. The van der Waals surface area contributed by atoms with E-state index in [1.807, 2.05) is 0 Å². The van der Waals surface area contributed by atoms with Crippen LogP contribution in [0.4, 0.5) is 0 Å². The van der Waals surface area contributed by atoms with Crippen LogP contribution in [0.3, 0.4) is 0 Å². The number of morpholine rings is 1. The number of benzene rings is 1. The van der Waals surface area contributed by atoms with E-state index in [1.165, 1.54) is 12.0 Å². The van der Waals surface area contributed by atoms with Gasteiger partial charge in [-0.05, 0) is 18.5 Å². The summed E-state index contributed by atoms with van der Waals surface area (Å²) in [6.45, 7) is 8.21. The first-order valence-electron chi connectivity index (χ1n) is 6.98. The standard InChI is InChI=1S/C15H24N2O/c1-2-8-16-15(14-6-4-3-5-7-14)13-17-9-11-18-12-10-17/h3-7,15-16H,2,8-13H2,1H3. The second kappa shape index (κ2) is 7.52. The van der Waals surface area contributed by atoms with Gasteiger partial charge < -0.3 is 10.1 Å². The molecule has 1 aromatic carbocycles. The van der Waals surface area contributed by atoms with Gasteiger partial charge >= 0.3 is 0 Å². The second-order valence-electron chi connectivity index (χ2n) is 4.83. The highest BCUT2D eigenvalue weighted by molar-refractivity contribution is 5.19. The monoisotopic (exact) mass is 248 g/mol. The van der Waals surface area contributed by atoms with E-state index in [1.54, 1.807) is 0 Å². The Hall–Kier alpha value is -0.900. The summed E-state index contributed by atoms with van der Waals surface area (Å²) in [5.74, 6) is 0. The van der Waals surface area contributed by atoms with Crippen LogP contribution >= 0.6 is 0 Å². The maximum Gasteiger partial charge on any atom is 0.0594 e. The molecule has 2 rings (SSSR count). The van der Waals surface area contributed by atoms with Gasteiger partial charge in [0.2, 0.25) is 0 Å². The van der Waals surface area contributed by atoms with Crippen LogP contribution in [0.2, 0.25) is 0 Å². The molecule has 1 aromatic rings. The van der Waals surface area contributed by atoms with E-state index in [0.717, 1.165) is 39.4 Å². The fourth-order valence-electron chi connectivity index (χ4n) is 2.33. The van der Waals surface area contributed by atoms with Crippen molar-refractivity contribution in [2.24, 2.45) is 0 Å². The first-order chi connectivity index (χ1) is 8.90. The summed E-state index contributed by atoms with van der Waals surface area (Å²) in [6, 6.07) is 11.2. The largest absolute Gasteiger partial charge is 0.379 e. The van der Waals surface area contributed by atoms with Crippen LogP contribution in [0, 0.1) is 0 Å². The quantitative estimate of drug-likeness (QED) is 0.834. The minimum atomic E-state index is 0.434. The van der Waals surface area contributed by atoms with Crippen LogP contribution in [-0.4, -0.2) is 44.3 Å². The number of rotatable bonds is 6. The highest BCUT2D eigenvalue weighted by atomic mass is 16.5. The smallest absolute Gasteiger partial charge is 0.0594 e. The summed E-state index contributed by atoms with van der Waals surface area (Å²) in [6.07, 6.45) is 1.17. The molecule has 1 saturated heterocycles. The first-order valence-corrected chi connectivity index (χ1v) is 6.98. The number of hydrogen-bond donors (Lipinski definition) is 1. The van der Waals surface area contributed by atoms with Gasteiger partial charge in [0.1, 0.15) is 0 Å². The Morgan fingerprint density at radius 2 is 1.94 bits per heavy atom. The minimum Gasteiger partial charge on any atom is -0.379 e. The molecule has 1 N–H and O–H groups in total. The summed E-state index contributed by atoms with van der Waals surface area (Å²) in [4.78, 5) is 2.49. The molecule has 1 aliphatic rings. The fraction of sp³-hybridized carbons (Fsp3) is 0.600. The van der Waals surface area contributed by atoms with Gasteiger partial charge in [-0.3, -0.25) is 4.90 Å². The Balaban J connectivity index is 1.95. The molecule has 1 aliphatic heterocycles. The number of nitrogens with one attached hydrogen (secondary N) is 1. The zero-order valence-electron chi connectivity index (χ0n) is 11.3. The third-order valence-corrected chi connectivity index (χ3v) is 3.39. The van der Waals surface area contributed by atoms with Crippen LogP contribution in [0.1, 0.15) is 24.9 Å². The van der Waals surface area contributed by atoms with E-state index < -0.39 is 0 Å². The van der Waals surface area contributed by atoms with Gasteiger partial charge in [-0.1, -0.05) is 37.3 Å². The first kappa shape index (κ1) is 13.5. The van der Waals surface area contributed by atoms with Gasteiger partial charge in [0.25, 0.3) is 0 Å². The molecule has 0 saturated carbocycles. The molecule has 0 aromatic heterocycles. The summed E-state index contributed by atoms with van der Waals surface area (Å²) >= 11 is 0. The molecule has 0 bridgehead atoms. The molecule has 100 valence electrons. The Morgan fingerprint density at radius 1 is 1.22 bits per heavy atom. The molecular formula is C15H24N2O. The van der Waals surface area contributed by atoms with Crippen molar-refractivity contribution in [3.63, 3.8) is 0 Å². The summed E-state index contributed by atoms with van der Waals surface area (Å²) in [5.41, 5.74) is 1.39. The molecule has 1 heterocycles. The normalized spacial score (nSPS) is 18.7. The molecule has 3 heteroatoms. The van der Waals surface area contributed by atoms with Crippen LogP contribution in [0.15, 0.2) is 30.3 Å². The van der Waals surface area contributed by atoms with E-state index in [4.69, 9.17) is 4.74 Å². The summed E-state index contributed by atoms with van der Waals surface area (Å²) in [7, 11) is 0. The Morgan fingerprint density at radius 3 is 2.61 bits per heavy atom. The molecule has 0 amide bonds. The van der Waals surface area contributed by atoms with Crippen molar-refractivity contribution in [2.75, 3.05) is 39.4 Å². The Labute approximate surface area is 110 Å². The van der Waals surface area contributed by atoms with Gasteiger partial charge in [0, 0.05) is 25.7 Å². The SMILES string of the molecule is CCCNC(CN1CCOCC1)c1ccccc1. The predicted molar refractivity (Wildman–Crippen MR) is 74.7 cm³/mol. The topological polar surface area (TPSA) is 24.5 Å². The lowest BCUT2D eigenvalue weighted by Gasteiger charge is -2.31. The van der Waals surface area contributed by atoms with Gasteiger partial charge in [0.15, 0.2) is 0 Å². The third-order valence-electron chi connectivity index (χ3n) is 3.39. The summed E-state index contributed by atoms with van der Waals surface area (Å²) in [5, 5.41) is 3.65. The average Bonchev–Trinajstić information content (AvgIpc) is 2.45. The zero-order valence-corrected chi connectivity index (χ0v) is 11.3. The molecule has 3 nitrogen and oxygen atoms in total. The summed E-state index contributed by atoms with van der Waals surface area (Å²) < 4.78 is 5.41. The van der Waals surface area contributed by atoms with E-state index in [-0.39, 0.29) is 0 Å². The number of ether oxygens (including phenoxy) is 1. The van der Waals surface area contributed by atoms with Crippen molar-refractivity contribution in [2.45, 2.75) is 19.4 Å². The lowest BCUT2D eigenvalue weighted by atomic mass is 10.1. The predicted octanol–water partition coefficient (Wildman–Crippen LogP) is 2.06. The number of hydrogen-bond acceptors (Lipinski definition) is 3. The number of nitrogens with zero attached hydrogens (tertiary/aromatic N) is 1.